The summed E-state index contributed by atoms with van der Waals surface area (Å²) < 4.78 is 6.43. The molecular formula is C20H24BrN3O2. The number of halogens is 1. The molecule has 0 spiro atoms. The number of hydrogen-bond acceptors (Lipinski definition) is 4. The van der Waals surface area contributed by atoms with E-state index in [4.69, 9.17) is 4.74 Å². The lowest BCUT2D eigenvalue weighted by atomic mass is 10.2. The van der Waals surface area contributed by atoms with Crippen LogP contribution in [0.2, 0.25) is 0 Å². The lowest BCUT2D eigenvalue weighted by Gasteiger charge is -2.36. The Morgan fingerprint density at radius 2 is 1.77 bits per heavy atom. The molecule has 1 N–H and O–H groups in total. The zero-order valence-electron chi connectivity index (χ0n) is 15.0. The minimum Gasteiger partial charge on any atom is -0.495 e. The first-order valence-corrected chi connectivity index (χ1v) is 9.61. The van der Waals surface area contributed by atoms with Gasteiger partial charge in [-0.2, -0.15) is 0 Å². The van der Waals surface area contributed by atoms with E-state index in [2.05, 4.69) is 37.1 Å². The second kappa shape index (κ2) is 9.05. The highest BCUT2D eigenvalue weighted by Gasteiger charge is 2.19. The van der Waals surface area contributed by atoms with Gasteiger partial charge in [0.15, 0.2) is 0 Å². The molecule has 0 unspecified atom stereocenters. The smallest absolute Gasteiger partial charge is 0.251 e. The maximum Gasteiger partial charge on any atom is 0.251 e. The lowest BCUT2D eigenvalue weighted by Crippen LogP contribution is -2.48. The predicted octanol–water partition coefficient (Wildman–Crippen LogP) is 3.01. The summed E-state index contributed by atoms with van der Waals surface area (Å²) >= 11 is 3.38. The number of methoxy groups -OCH3 is 1. The Bertz CT molecular complexity index is 728. The van der Waals surface area contributed by atoms with E-state index < -0.39 is 0 Å². The summed E-state index contributed by atoms with van der Waals surface area (Å²) in [5, 5.41) is 3.00. The topological polar surface area (TPSA) is 44.8 Å². The molecule has 0 aromatic heterocycles. The molecular weight excluding hydrogens is 394 g/mol. The number of benzene rings is 2. The Kier molecular flexibility index (Phi) is 6.52. The molecule has 1 aliphatic heterocycles. The number of carbonyl (C=O) groups excluding carboxylic acids is 1. The van der Waals surface area contributed by atoms with Gasteiger partial charge < -0.3 is 15.0 Å². The largest absolute Gasteiger partial charge is 0.495 e. The Balaban J connectivity index is 1.43. The molecule has 1 fully saturated rings. The van der Waals surface area contributed by atoms with Gasteiger partial charge in [0.1, 0.15) is 5.75 Å². The van der Waals surface area contributed by atoms with Crippen LogP contribution in [0.3, 0.4) is 0 Å². The fraction of sp³-hybridized carbons (Fsp3) is 0.350. The molecule has 1 aliphatic rings. The number of nitrogens with zero attached hydrogens (tertiary/aromatic N) is 2. The minimum absolute atomic E-state index is 0.0230. The van der Waals surface area contributed by atoms with Crippen molar-refractivity contribution in [3.05, 3.63) is 58.6 Å². The summed E-state index contributed by atoms with van der Waals surface area (Å²) in [6.45, 7) is 5.39. The maximum atomic E-state index is 12.1. The third-order valence-corrected chi connectivity index (χ3v) is 5.15. The van der Waals surface area contributed by atoms with Crippen molar-refractivity contribution in [2.45, 2.75) is 0 Å². The molecule has 1 heterocycles. The Morgan fingerprint density at radius 1 is 1.08 bits per heavy atom. The molecule has 138 valence electrons. The summed E-state index contributed by atoms with van der Waals surface area (Å²) in [7, 11) is 1.71. The summed E-state index contributed by atoms with van der Waals surface area (Å²) in [6, 6.07) is 15.6. The number of carbonyl (C=O) groups is 1. The molecule has 1 saturated heterocycles. The number of piperazine rings is 1. The molecule has 0 atom stereocenters. The molecule has 3 rings (SSSR count). The molecule has 0 bridgehead atoms. The van der Waals surface area contributed by atoms with Gasteiger partial charge in [-0.3, -0.25) is 9.69 Å². The first-order chi connectivity index (χ1) is 12.7. The third-order valence-electron chi connectivity index (χ3n) is 4.62. The van der Waals surface area contributed by atoms with E-state index in [1.54, 1.807) is 7.11 Å². The van der Waals surface area contributed by atoms with Crippen LogP contribution in [0.5, 0.6) is 5.75 Å². The van der Waals surface area contributed by atoms with Gasteiger partial charge in [-0.15, -0.1) is 0 Å². The molecule has 26 heavy (non-hydrogen) atoms. The van der Waals surface area contributed by atoms with Crippen LogP contribution in [0, 0.1) is 0 Å². The molecule has 0 radical (unpaired) electrons. The van der Waals surface area contributed by atoms with Crippen molar-refractivity contribution in [1.82, 2.24) is 10.2 Å². The summed E-state index contributed by atoms with van der Waals surface area (Å²) in [5.74, 6) is 0.896. The Labute approximate surface area is 163 Å². The van der Waals surface area contributed by atoms with Crippen molar-refractivity contribution < 1.29 is 9.53 Å². The van der Waals surface area contributed by atoms with Crippen molar-refractivity contribution in [1.29, 1.82) is 0 Å². The highest BCUT2D eigenvalue weighted by Crippen LogP contribution is 2.28. The molecule has 6 heteroatoms. The zero-order chi connectivity index (χ0) is 18.4. The van der Waals surface area contributed by atoms with E-state index in [-0.39, 0.29) is 5.91 Å². The Morgan fingerprint density at radius 3 is 2.46 bits per heavy atom. The van der Waals surface area contributed by atoms with Gasteiger partial charge in [0.2, 0.25) is 0 Å². The van der Waals surface area contributed by atoms with Crippen molar-refractivity contribution in [3.63, 3.8) is 0 Å². The number of nitrogens with one attached hydrogen (secondary N) is 1. The number of rotatable bonds is 6. The van der Waals surface area contributed by atoms with Gasteiger partial charge in [0.05, 0.1) is 12.8 Å². The van der Waals surface area contributed by atoms with Crippen LogP contribution in [0.4, 0.5) is 5.69 Å². The van der Waals surface area contributed by atoms with Gasteiger partial charge in [-0.05, 0) is 36.4 Å². The van der Waals surface area contributed by atoms with Crippen LogP contribution in [0.15, 0.2) is 53.0 Å². The number of anilines is 1. The van der Waals surface area contributed by atoms with Gasteiger partial charge in [0.25, 0.3) is 5.91 Å². The fourth-order valence-corrected chi connectivity index (χ4v) is 3.40. The standard InChI is InChI=1S/C20H24BrN3O2/c1-26-19-5-3-2-4-18(19)24-14-12-23(13-15-24)11-10-22-20(25)16-6-8-17(21)9-7-16/h2-9H,10-15H2,1H3,(H,22,25). The minimum atomic E-state index is -0.0230. The number of hydrogen-bond donors (Lipinski definition) is 1. The van der Waals surface area contributed by atoms with Crippen molar-refractivity contribution in [2.24, 2.45) is 0 Å². The van der Waals surface area contributed by atoms with Crippen LogP contribution >= 0.6 is 15.9 Å². The molecule has 5 nitrogen and oxygen atoms in total. The molecule has 2 aromatic rings. The van der Waals surface area contributed by atoms with Crippen LogP contribution in [-0.2, 0) is 0 Å². The first-order valence-electron chi connectivity index (χ1n) is 8.81. The first kappa shape index (κ1) is 18.7. The second-order valence-electron chi connectivity index (χ2n) is 6.26. The van der Waals surface area contributed by atoms with Crippen LogP contribution < -0.4 is 15.0 Å². The highest BCUT2D eigenvalue weighted by molar-refractivity contribution is 9.10. The fourth-order valence-electron chi connectivity index (χ4n) is 3.13. The van der Waals surface area contributed by atoms with Crippen LogP contribution in [0.25, 0.3) is 0 Å². The third kappa shape index (κ3) is 4.77. The average Bonchev–Trinajstić information content (AvgIpc) is 2.69. The molecule has 0 saturated carbocycles. The monoisotopic (exact) mass is 417 g/mol. The van der Waals surface area contributed by atoms with Gasteiger partial charge in [-0.1, -0.05) is 28.1 Å². The van der Waals surface area contributed by atoms with Crippen LogP contribution in [0.1, 0.15) is 10.4 Å². The summed E-state index contributed by atoms with van der Waals surface area (Å²) in [4.78, 5) is 16.9. The van der Waals surface area contributed by atoms with Crippen LogP contribution in [-0.4, -0.2) is 57.2 Å². The molecule has 0 aliphatic carbocycles. The SMILES string of the molecule is COc1ccccc1N1CCN(CCNC(=O)c2ccc(Br)cc2)CC1. The van der Waals surface area contributed by atoms with E-state index in [0.29, 0.717) is 12.1 Å². The molecule has 2 aromatic carbocycles. The van der Waals surface area contributed by atoms with E-state index in [0.717, 1.165) is 48.6 Å². The summed E-state index contributed by atoms with van der Waals surface area (Å²) in [6.07, 6.45) is 0. The van der Waals surface area contributed by atoms with Crippen molar-refractivity contribution in [2.75, 3.05) is 51.3 Å². The van der Waals surface area contributed by atoms with Gasteiger partial charge >= 0.3 is 0 Å². The average molecular weight is 418 g/mol. The zero-order valence-corrected chi connectivity index (χ0v) is 16.5. The van der Waals surface area contributed by atoms with Crippen molar-refractivity contribution in [3.8, 4) is 5.75 Å². The second-order valence-corrected chi connectivity index (χ2v) is 7.18. The Hall–Kier alpha value is -2.05. The number of para-hydroxylation sites is 2. The summed E-state index contributed by atoms with van der Waals surface area (Å²) in [5.41, 5.74) is 1.84. The maximum absolute atomic E-state index is 12.1. The quantitative estimate of drug-likeness (QED) is 0.784. The van der Waals surface area contributed by atoms with E-state index in [1.807, 2.05) is 42.5 Å². The van der Waals surface area contributed by atoms with E-state index in [9.17, 15) is 4.79 Å². The van der Waals surface area contributed by atoms with E-state index >= 15 is 0 Å². The number of ether oxygens (including phenoxy) is 1. The van der Waals surface area contributed by atoms with Gasteiger partial charge in [-0.25, -0.2) is 0 Å². The molecule has 1 amide bonds. The van der Waals surface area contributed by atoms with Gasteiger partial charge in [0, 0.05) is 49.3 Å². The van der Waals surface area contributed by atoms with Crippen molar-refractivity contribution >= 4 is 27.5 Å². The highest BCUT2D eigenvalue weighted by atomic mass is 79.9. The van der Waals surface area contributed by atoms with E-state index in [1.165, 1.54) is 0 Å². The normalized spacial score (nSPS) is 14.9. The lowest BCUT2D eigenvalue weighted by molar-refractivity contribution is 0.0947. The predicted molar refractivity (Wildman–Crippen MR) is 108 cm³/mol. The number of amides is 1.